The highest BCUT2D eigenvalue weighted by Gasteiger charge is 2.30. The van der Waals surface area contributed by atoms with Gasteiger partial charge in [-0.05, 0) is 42.8 Å². The first-order valence-electron chi connectivity index (χ1n) is 9.64. The number of nitrogens with one attached hydrogen (secondary N) is 1. The normalized spacial score (nSPS) is 18.2. The number of halogens is 2. The Morgan fingerprint density at radius 3 is 2.58 bits per heavy atom. The number of nitrogens with two attached hydrogens (primary N) is 1. The van der Waals surface area contributed by atoms with Crippen LogP contribution in [0.5, 0.6) is 5.75 Å². The maximum Gasteiger partial charge on any atom is 0.288 e. The monoisotopic (exact) mass is 500 g/mol. The van der Waals surface area contributed by atoms with Crippen molar-refractivity contribution >= 4 is 38.9 Å². The first kappa shape index (κ1) is 21.4. The second-order valence-corrected chi connectivity index (χ2v) is 8.78. The number of aromatic hydroxyl groups is 1. The molecule has 3 aromatic rings. The molecule has 0 aromatic heterocycles. The number of quaternary nitrogens is 1. The lowest BCUT2D eigenvalue weighted by molar-refractivity contribution is -0.731. The first-order valence-corrected chi connectivity index (χ1v) is 10.8. The van der Waals surface area contributed by atoms with Crippen LogP contribution < -0.4 is 10.6 Å². The van der Waals surface area contributed by atoms with E-state index in [0.717, 1.165) is 26.9 Å². The standard InChI is InChI=1S/C23H19BrClN3O3/c1-13-2-4-14(5-3-13)19-12-20(17-11-16(24)7-9-22(17)29)27-23(26-19)15-6-8-18(25)21(10-15)28(30)31/h2-12,20,23,26-27,29H,1H3/p+1. The van der Waals surface area contributed by atoms with Gasteiger partial charge in [0.25, 0.3) is 5.69 Å². The molecule has 0 bridgehead atoms. The van der Waals surface area contributed by atoms with Crippen molar-refractivity contribution in [1.29, 1.82) is 0 Å². The van der Waals surface area contributed by atoms with Gasteiger partial charge in [-0.1, -0.05) is 57.4 Å². The number of phenolic OH excluding ortho intramolecular Hbond substituents is 1. The van der Waals surface area contributed by atoms with Gasteiger partial charge in [0, 0.05) is 27.9 Å². The van der Waals surface area contributed by atoms with Gasteiger partial charge in [-0.25, -0.2) is 0 Å². The highest BCUT2D eigenvalue weighted by molar-refractivity contribution is 9.10. The Labute approximate surface area is 192 Å². The summed E-state index contributed by atoms with van der Waals surface area (Å²) < 4.78 is 0.858. The van der Waals surface area contributed by atoms with Crippen molar-refractivity contribution in [2.45, 2.75) is 19.1 Å². The van der Waals surface area contributed by atoms with E-state index in [9.17, 15) is 15.2 Å². The number of benzene rings is 3. The van der Waals surface area contributed by atoms with E-state index >= 15 is 0 Å². The quantitative estimate of drug-likeness (QED) is 0.348. The zero-order chi connectivity index (χ0) is 22.1. The maximum atomic E-state index is 11.4. The Morgan fingerprint density at radius 1 is 1.13 bits per heavy atom. The molecule has 6 nitrogen and oxygen atoms in total. The summed E-state index contributed by atoms with van der Waals surface area (Å²) in [5.74, 6) is 0.187. The molecule has 0 radical (unpaired) electrons. The molecule has 4 rings (SSSR count). The molecule has 8 heteroatoms. The number of rotatable bonds is 4. The minimum absolute atomic E-state index is 0.0973. The van der Waals surface area contributed by atoms with Crippen molar-refractivity contribution in [3.05, 3.63) is 109 Å². The van der Waals surface area contributed by atoms with Gasteiger partial charge < -0.3 is 15.7 Å². The lowest BCUT2D eigenvalue weighted by Crippen LogP contribution is -2.89. The lowest BCUT2D eigenvalue weighted by Gasteiger charge is -2.30. The summed E-state index contributed by atoms with van der Waals surface area (Å²) in [6, 6.07) is 18.0. The number of hydrogen-bond donors (Lipinski definition) is 3. The van der Waals surface area contributed by atoms with Crippen LogP contribution in [0.1, 0.15) is 34.5 Å². The third-order valence-electron chi connectivity index (χ3n) is 5.29. The molecule has 1 aliphatic rings. The molecule has 0 amide bonds. The number of phenols is 1. The molecule has 2 unspecified atom stereocenters. The topological polar surface area (TPSA) is 92.0 Å². The highest BCUT2D eigenvalue weighted by atomic mass is 79.9. The van der Waals surface area contributed by atoms with Crippen molar-refractivity contribution in [1.82, 2.24) is 5.32 Å². The van der Waals surface area contributed by atoms with Crippen LogP contribution in [0, 0.1) is 17.0 Å². The fourth-order valence-electron chi connectivity index (χ4n) is 3.66. The van der Waals surface area contributed by atoms with Gasteiger partial charge in [-0.3, -0.25) is 10.1 Å². The molecule has 2 atom stereocenters. The number of aryl methyl sites for hydroxylation is 1. The minimum Gasteiger partial charge on any atom is -0.507 e. The number of hydrogen-bond acceptors (Lipinski definition) is 4. The Bertz CT molecular complexity index is 1180. The molecule has 1 aliphatic heterocycles. The summed E-state index contributed by atoms with van der Waals surface area (Å²) in [5, 5.41) is 27.5. The average Bonchev–Trinajstić information content (AvgIpc) is 2.75. The summed E-state index contributed by atoms with van der Waals surface area (Å²) >= 11 is 9.48. The van der Waals surface area contributed by atoms with Crippen molar-refractivity contribution in [3.8, 4) is 5.75 Å². The van der Waals surface area contributed by atoms with E-state index in [1.807, 2.05) is 48.6 Å². The zero-order valence-corrected chi connectivity index (χ0v) is 18.9. The fraction of sp³-hybridized carbons (Fsp3) is 0.130. The SMILES string of the molecule is Cc1ccc(C2=CC(c3cc(Br)ccc3O)[NH2+]C(c3ccc(Cl)c([N+](=O)[O-])c3)N2)cc1. The molecule has 158 valence electrons. The smallest absolute Gasteiger partial charge is 0.288 e. The van der Waals surface area contributed by atoms with Crippen molar-refractivity contribution < 1.29 is 15.3 Å². The molecular weight excluding hydrogens is 482 g/mol. The van der Waals surface area contributed by atoms with E-state index in [1.54, 1.807) is 24.3 Å². The van der Waals surface area contributed by atoms with Gasteiger partial charge in [0.15, 0.2) is 6.17 Å². The average molecular weight is 502 g/mol. The van der Waals surface area contributed by atoms with Gasteiger partial charge in [0.1, 0.15) is 16.8 Å². The summed E-state index contributed by atoms with van der Waals surface area (Å²) in [7, 11) is 0. The van der Waals surface area contributed by atoms with Crippen molar-refractivity contribution in [2.24, 2.45) is 0 Å². The summed E-state index contributed by atoms with van der Waals surface area (Å²) in [5.41, 5.74) is 4.35. The molecular formula is C23H20BrClN3O3+. The van der Waals surface area contributed by atoms with Gasteiger partial charge >= 0.3 is 0 Å². The van der Waals surface area contributed by atoms with Crippen molar-refractivity contribution in [3.63, 3.8) is 0 Å². The second kappa shape index (κ2) is 8.70. The van der Waals surface area contributed by atoms with Crippen LogP contribution in [-0.2, 0) is 0 Å². The molecule has 1 heterocycles. The third kappa shape index (κ3) is 4.58. The van der Waals surface area contributed by atoms with Gasteiger partial charge in [-0.2, -0.15) is 0 Å². The predicted octanol–water partition coefficient (Wildman–Crippen LogP) is 4.97. The predicted molar refractivity (Wildman–Crippen MR) is 124 cm³/mol. The van der Waals surface area contributed by atoms with E-state index in [-0.39, 0.29) is 28.7 Å². The van der Waals surface area contributed by atoms with Crippen LogP contribution in [0.2, 0.25) is 5.02 Å². The second-order valence-electron chi connectivity index (χ2n) is 7.46. The van der Waals surface area contributed by atoms with E-state index in [0.29, 0.717) is 5.56 Å². The molecule has 0 spiro atoms. The van der Waals surface area contributed by atoms with Crippen LogP contribution in [-0.4, -0.2) is 10.0 Å². The molecule has 0 fully saturated rings. The Balaban J connectivity index is 1.79. The minimum atomic E-state index is -0.483. The number of nitro groups is 1. The van der Waals surface area contributed by atoms with Crippen LogP contribution in [0.15, 0.2) is 71.2 Å². The Kier molecular flexibility index (Phi) is 6.00. The molecule has 31 heavy (non-hydrogen) atoms. The van der Waals surface area contributed by atoms with Gasteiger partial charge in [0.2, 0.25) is 0 Å². The molecule has 3 aromatic carbocycles. The van der Waals surface area contributed by atoms with E-state index in [2.05, 4.69) is 21.2 Å². The Hall–Kier alpha value is -2.87. The summed E-state index contributed by atoms with van der Waals surface area (Å²) in [4.78, 5) is 10.9. The van der Waals surface area contributed by atoms with Crippen LogP contribution >= 0.6 is 27.5 Å². The van der Waals surface area contributed by atoms with Gasteiger partial charge in [0.05, 0.1) is 10.5 Å². The highest BCUT2D eigenvalue weighted by Crippen LogP contribution is 2.32. The maximum absolute atomic E-state index is 11.4. The number of nitro benzene ring substituents is 1. The largest absolute Gasteiger partial charge is 0.507 e. The zero-order valence-electron chi connectivity index (χ0n) is 16.5. The molecule has 0 saturated carbocycles. The molecule has 0 aliphatic carbocycles. The van der Waals surface area contributed by atoms with E-state index in [4.69, 9.17) is 11.6 Å². The molecule has 4 N–H and O–H groups in total. The molecule has 0 saturated heterocycles. The summed E-state index contributed by atoms with van der Waals surface area (Å²) in [6.45, 7) is 2.03. The van der Waals surface area contributed by atoms with E-state index < -0.39 is 4.92 Å². The van der Waals surface area contributed by atoms with Crippen molar-refractivity contribution in [2.75, 3.05) is 0 Å². The first-order chi connectivity index (χ1) is 14.8. The van der Waals surface area contributed by atoms with Crippen LogP contribution in [0.3, 0.4) is 0 Å². The van der Waals surface area contributed by atoms with Crippen LogP contribution in [0.25, 0.3) is 5.70 Å². The number of nitrogens with zero attached hydrogens (tertiary/aromatic N) is 1. The fourth-order valence-corrected chi connectivity index (χ4v) is 4.23. The van der Waals surface area contributed by atoms with Crippen LogP contribution in [0.4, 0.5) is 5.69 Å². The Morgan fingerprint density at radius 2 is 1.87 bits per heavy atom. The van der Waals surface area contributed by atoms with Gasteiger partial charge in [-0.15, -0.1) is 0 Å². The third-order valence-corrected chi connectivity index (χ3v) is 6.11. The summed E-state index contributed by atoms with van der Waals surface area (Å²) in [6.07, 6.45) is 1.73. The lowest BCUT2D eigenvalue weighted by atomic mass is 9.97. The van der Waals surface area contributed by atoms with E-state index in [1.165, 1.54) is 6.07 Å².